The molecule has 0 aliphatic carbocycles. The van der Waals surface area contributed by atoms with Crippen LogP contribution in [-0.4, -0.2) is 153 Å². The van der Waals surface area contributed by atoms with E-state index < -0.39 is 146 Å². The van der Waals surface area contributed by atoms with Gasteiger partial charge in [0.1, 0.15) is 55.2 Å². The van der Waals surface area contributed by atoms with Crippen molar-refractivity contribution in [3.63, 3.8) is 0 Å². The third kappa shape index (κ3) is 14.0. The van der Waals surface area contributed by atoms with Crippen LogP contribution in [0.2, 0.25) is 0 Å². The summed E-state index contributed by atoms with van der Waals surface area (Å²) < 4.78 is 67.6. The van der Waals surface area contributed by atoms with Crippen molar-refractivity contribution in [3.8, 4) is 11.5 Å². The number of nitrogens with one attached hydrogen (secondary N) is 1. The summed E-state index contributed by atoms with van der Waals surface area (Å²) in [5.74, 6) is -10.4. The van der Waals surface area contributed by atoms with Crippen LogP contribution in [0.15, 0.2) is 24.3 Å². The molecule has 63 heavy (non-hydrogen) atoms. The Labute approximate surface area is 361 Å². The van der Waals surface area contributed by atoms with Crippen molar-refractivity contribution in [1.82, 2.24) is 5.32 Å². The number of methoxy groups -OCH3 is 2. The van der Waals surface area contributed by atoms with Gasteiger partial charge in [-0.15, -0.1) is 0 Å². The van der Waals surface area contributed by atoms with Crippen LogP contribution < -0.4 is 14.8 Å². The Bertz CT molecular complexity index is 1830. The maximum Gasteiger partial charge on any atom is 0.341 e. The van der Waals surface area contributed by atoms with Crippen molar-refractivity contribution in [2.75, 3.05) is 27.4 Å². The zero-order chi connectivity index (χ0) is 47.3. The molecule has 2 N–H and O–H groups in total. The van der Waals surface area contributed by atoms with E-state index in [1.54, 1.807) is 0 Å². The van der Waals surface area contributed by atoms with E-state index in [9.17, 15) is 48.3 Å². The topological polar surface area (TPSA) is 297 Å². The molecule has 0 saturated carbocycles. The fraction of sp³-hybridized carbons (Fsp3) is 0.625. The average molecular weight is 900 g/mol. The Morgan fingerprint density at radius 2 is 1.29 bits per heavy atom. The summed E-state index contributed by atoms with van der Waals surface area (Å²) in [5.41, 5.74) is -2.91. The number of benzene rings is 1. The number of hydrogen-bond donors (Lipinski definition) is 2. The highest BCUT2D eigenvalue weighted by atomic mass is 16.7. The number of carbonyl (C=O) groups is 9. The minimum absolute atomic E-state index is 0.0709. The van der Waals surface area contributed by atoms with Gasteiger partial charge < -0.3 is 67.3 Å². The van der Waals surface area contributed by atoms with E-state index in [1.807, 2.05) is 0 Å². The first-order valence-corrected chi connectivity index (χ1v) is 19.3. The van der Waals surface area contributed by atoms with Gasteiger partial charge in [-0.3, -0.25) is 38.4 Å². The van der Waals surface area contributed by atoms with E-state index in [0.717, 1.165) is 62.5 Å². The molecule has 2 saturated heterocycles. The highest BCUT2D eigenvalue weighted by molar-refractivity contribution is 5.81. The van der Waals surface area contributed by atoms with Crippen LogP contribution in [0.4, 0.5) is 0 Å². The van der Waals surface area contributed by atoms with Crippen molar-refractivity contribution in [2.24, 2.45) is 5.92 Å². The Kier molecular flexibility index (Phi) is 18.6. The van der Waals surface area contributed by atoms with E-state index in [1.165, 1.54) is 31.4 Å². The van der Waals surface area contributed by atoms with Crippen molar-refractivity contribution in [3.05, 3.63) is 24.3 Å². The molecule has 23 heteroatoms. The maximum atomic E-state index is 14.5. The first-order valence-electron chi connectivity index (χ1n) is 19.3. The molecule has 1 aromatic carbocycles. The first-order chi connectivity index (χ1) is 29.5. The summed E-state index contributed by atoms with van der Waals surface area (Å²) >= 11 is 0. The van der Waals surface area contributed by atoms with E-state index in [-0.39, 0.29) is 5.75 Å². The molecular formula is C40H53NO22. The summed E-state index contributed by atoms with van der Waals surface area (Å²) in [5, 5.41) is 15.5. The first kappa shape index (κ1) is 51.3. The summed E-state index contributed by atoms with van der Waals surface area (Å²) in [7, 11) is 2.31. The standard InChI is InChI=1S/C40H53NO22/c1-18(42)41-32-28(56-21(4)45)15-40(39(51)53-10,63-36(32)34(59-24(7)48)30(57-22(5)46)17-55-20(3)44)37(50)31-33(58-23(6)47)29(16-54-19(2)43)62-38(35(31)60-25(8)49)61-27-13-11-26(52-9)12-14-27/h11-14,28-38,50H,15-17H2,1-10H3,(H,41,42)/t28-,29+,30+,31-,32+,33-,34+,35+,36+,37+,38+,40-/m0/s1. The molecule has 0 unspecified atom stereocenters. The molecule has 2 heterocycles. The Balaban J connectivity index is 2.46. The minimum Gasteiger partial charge on any atom is -0.497 e. The van der Waals surface area contributed by atoms with Gasteiger partial charge in [-0.1, -0.05) is 0 Å². The maximum absolute atomic E-state index is 14.5. The predicted molar refractivity (Wildman–Crippen MR) is 205 cm³/mol. The second-order valence-electron chi connectivity index (χ2n) is 14.4. The minimum atomic E-state index is -2.91. The number of carbonyl (C=O) groups excluding carboxylic acids is 9. The lowest BCUT2D eigenvalue weighted by Gasteiger charge is -2.54. The molecule has 350 valence electrons. The van der Waals surface area contributed by atoms with Crippen molar-refractivity contribution in [2.45, 2.75) is 129 Å². The van der Waals surface area contributed by atoms with Crippen LogP contribution in [-0.2, 0) is 90.5 Å². The summed E-state index contributed by atoms with van der Waals surface area (Å²) in [4.78, 5) is 115. The third-order valence-corrected chi connectivity index (χ3v) is 9.50. The van der Waals surface area contributed by atoms with Gasteiger partial charge in [0.05, 0.1) is 26.2 Å². The highest BCUT2D eigenvalue weighted by Crippen LogP contribution is 2.45. The van der Waals surface area contributed by atoms with Crippen LogP contribution in [0.5, 0.6) is 11.5 Å². The van der Waals surface area contributed by atoms with Gasteiger partial charge in [0.25, 0.3) is 0 Å². The van der Waals surface area contributed by atoms with E-state index in [0.29, 0.717) is 5.75 Å². The predicted octanol–water partition coefficient (Wildman–Crippen LogP) is -0.234. The monoisotopic (exact) mass is 899 g/mol. The van der Waals surface area contributed by atoms with Gasteiger partial charge in [-0.05, 0) is 24.3 Å². The van der Waals surface area contributed by atoms with Gasteiger partial charge in [-0.2, -0.15) is 0 Å². The van der Waals surface area contributed by atoms with Gasteiger partial charge in [0.2, 0.25) is 12.2 Å². The second-order valence-corrected chi connectivity index (χ2v) is 14.4. The molecule has 1 amide bonds. The largest absolute Gasteiger partial charge is 0.497 e. The van der Waals surface area contributed by atoms with Gasteiger partial charge in [0.15, 0.2) is 23.9 Å². The number of ether oxygens (including phenoxy) is 12. The molecule has 0 aromatic heterocycles. The molecule has 12 atom stereocenters. The normalized spacial score (nSPS) is 26.7. The van der Waals surface area contributed by atoms with Gasteiger partial charge in [0, 0.05) is 61.8 Å². The molecule has 2 aliphatic rings. The van der Waals surface area contributed by atoms with Crippen LogP contribution in [0.3, 0.4) is 0 Å². The zero-order valence-electron chi connectivity index (χ0n) is 36.3. The summed E-state index contributed by atoms with van der Waals surface area (Å²) in [6, 6.07) is 4.28. The second kappa shape index (κ2) is 22.9. The molecule has 0 spiro atoms. The van der Waals surface area contributed by atoms with Crippen molar-refractivity contribution >= 4 is 53.7 Å². The molecule has 2 aliphatic heterocycles. The number of amides is 1. The van der Waals surface area contributed by atoms with Crippen molar-refractivity contribution in [1.29, 1.82) is 0 Å². The van der Waals surface area contributed by atoms with Crippen LogP contribution in [0, 0.1) is 5.92 Å². The number of esters is 8. The molecule has 1 aromatic rings. The highest BCUT2D eigenvalue weighted by Gasteiger charge is 2.66. The Morgan fingerprint density at radius 3 is 1.78 bits per heavy atom. The molecule has 0 bridgehead atoms. The smallest absolute Gasteiger partial charge is 0.341 e. The Morgan fingerprint density at radius 1 is 0.730 bits per heavy atom. The van der Waals surface area contributed by atoms with Crippen LogP contribution >= 0.6 is 0 Å². The van der Waals surface area contributed by atoms with Crippen LogP contribution in [0.1, 0.15) is 61.8 Å². The molecule has 0 radical (unpaired) electrons. The van der Waals surface area contributed by atoms with Crippen LogP contribution in [0.25, 0.3) is 0 Å². The van der Waals surface area contributed by atoms with E-state index in [2.05, 4.69) is 5.32 Å². The SMILES string of the molecule is COC(=O)[C@@]1([C@H](O)[C@H]2[C@@H](OC(C)=O)[C@@H](COC(C)=O)O[C@@H](Oc3ccc(OC)cc3)[C@@H]2OC(C)=O)C[C@H](OC(C)=O)[C@@H](NC(C)=O)[C@H]([C@H](OC(C)=O)[C@@H](COC(C)=O)OC(C)=O)O1. The molecule has 2 fully saturated rings. The summed E-state index contributed by atoms with van der Waals surface area (Å²) in [6.45, 7) is 6.50. The molecular weight excluding hydrogens is 846 g/mol. The quantitative estimate of drug-likeness (QED) is 0.142. The average Bonchev–Trinajstić information content (AvgIpc) is 3.18. The lowest BCUT2D eigenvalue weighted by molar-refractivity contribution is -0.310. The number of rotatable bonds is 18. The number of aliphatic hydroxyl groups is 1. The molecule has 23 nitrogen and oxygen atoms in total. The van der Waals surface area contributed by atoms with Gasteiger partial charge in [-0.25, -0.2) is 4.79 Å². The summed E-state index contributed by atoms with van der Waals surface area (Å²) in [6.07, 6.45) is -17.9. The fourth-order valence-corrected chi connectivity index (χ4v) is 7.28. The fourth-order valence-electron chi connectivity index (χ4n) is 7.28. The number of aliphatic hydroxyl groups excluding tert-OH is 1. The van der Waals surface area contributed by atoms with Gasteiger partial charge >= 0.3 is 47.8 Å². The lowest BCUT2D eigenvalue weighted by Crippen LogP contribution is -2.74. The van der Waals surface area contributed by atoms with Crippen molar-refractivity contribution < 1.29 is 105 Å². The zero-order valence-corrected chi connectivity index (χ0v) is 36.3. The lowest BCUT2D eigenvalue weighted by atomic mass is 9.72. The van der Waals surface area contributed by atoms with E-state index >= 15 is 0 Å². The van der Waals surface area contributed by atoms with E-state index in [4.69, 9.17) is 56.8 Å². The third-order valence-electron chi connectivity index (χ3n) is 9.50. The number of hydrogen-bond acceptors (Lipinski definition) is 22. The Hall–Kier alpha value is -6.07. The molecule has 3 rings (SSSR count).